The minimum Gasteiger partial charge on any atom is -0.508 e. The molecule has 0 aliphatic heterocycles. The van der Waals surface area contributed by atoms with E-state index in [-0.39, 0.29) is 5.75 Å². The average molecular weight is 332 g/mol. The molecule has 20 heavy (non-hydrogen) atoms. The highest BCUT2D eigenvalue weighted by Crippen LogP contribution is 2.22. The molecule has 3 rings (SSSR count). The number of aromatic hydroxyl groups is 1. The van der Waals surface area contributed by atoms with Crippen LogP contribution in [0.15, 0.2) is 51.7 Å². The Balaban J connectivity index is 1.86. The molecule has 100 valence electrons. The van der Waals surface area contributed by atoms with Gasteiger partial charge in [-0.2, -0.15) is 4.98 Å². The van der Waals surface area contributed by atoms with Crippen LogP contribution in [0.25, 0.3) is 11.4 Å². The first-order valence-electron chi connectivity index (χ1n) is 5.93. The number of benzene rings is 1. The van der Waals surface area contributed by atoms with Crippen molar-refractivity contribution in [3.63, 3.8) is 0 Å². The number of para-hydroxylation sites is 1. The summed E-state index contributed by atoms with van der Waals surface area (Å²) in [6.45, 7) is 0. The van der Waals surface area contributed by atoms with Gasteiger partial charge in [-0.25, -0.2) is 0 Å². The van der Waals surface area contributed by atoms with E-state index in [0.717, 1.165) is 15.6 Å². The summed E-state index contributed by atoms with van der Waals surface area (Å²) in [5.74, 6) is 1.14. The van der Waals surface area contributed by atoms with Gasteiger partial charge in [0.1, 0.15) is 5.75 Å². The van der Waals surface area contributed by atoms with Crippen molar-refractivity contribution in [2.24, 2.45) is 0 Å². The van der Waals surface area contributed by atoms with E-state index < -0.39 is 0 Å². The molecule has 0 saturated heterocycles. The predicted octanol–water partition coefficient (Wildman–Crippen LogP) is 3.19. The van der Waals surface area contributed by atoms with Crippen LogP contribution in [0.2, 0.25) is 0 Å². The molecule has 0 bridgehead atoms. The lowest BCUT2D eigenvalue weighted by molar-refractivity contribution is 0.383. The maximum absolute atomic E-state index is 9.73. The zero-order valence-electron chi connectivity index (χ0n) is 10.3. The molecule has 5 nitrogen and oxygen atoms in total. The second kappa shape index (κ2) is 5.42. The molecule has 0 atom stereocenters. The van der Waals surface area contributed by atoms with E-state index in [2.05, 4.69) is 31.1 Å². The molecule has 3 aromatic rings. The fourth-order valence-corrected chi connectivity index (χ4v) is 2.17. The van der Waals surface area contributed by atoms with Gasteiger partial charge >= 0.3 is 0 Å². The van der Waals surface area contributed by atoms with Crippen molar-refractivity contribution in [2.45, 2.75) is 6.42 Å². The smallest absolute Gasteiger partial charge is 0.231 e. The Hall–Kier alpha value is -2.21. The van der Waals surface area contributed by atoms with Gasteiger partial charge in [-0.3, -0.25) is 4.98 Å². The molecule has 2 aromatic heterocycles. The van der Waals surface area contributed by atoms with Crippen molar-refractivity contribution in [3.05, 3.63) is 58.7 Å². The monoisotopic (exact) mass is 331 g/mol. The number of aromatic nitrogens is 3. The average Bonchev–Trinajstić information content (AvgIpc) is 2.90. The maximum atomic E-state index is 9.73. The van der Waals surface area contributed by atoms with Crippen molar-refractivity contribution < 1.29 is 9.63 Å². The molecular weight excluding hydrogens is 322 g/mol. The van der Waals surface area contributed by atoms with Gasteiger partial charge in [-0.05, 0) is 28.1 Å². The van der Waals surface area contributed by atoms with Gasteiger partial charge in [-0.15, -0.1) is 0 Å². The molecule has 0 unspecified atom stereocenters. The van der Waals surface area contributed by atoms with E-state index >= 15 is 0 Å². The van der Waals surface area contributed by atoms with Crippen molar-refractivity contribution >= 4 is 15.9 Å². The van der Waals surface area contributed by atoms with Crippen molar-refractivity contribution in [2.75, 3.05) is 0 Å². The number of pyridine rings is 1. The second-order valence-corrected chi connectivity index (χ2v) is 5.12. The Bertz CT molecular complexity index is 743. The largest absolute Gasteiger partial charge is 0.508 e. The summed E-state index contributed by atoms with van der Waals surface area (Å²) in [6, 6.07) is 8.93. The Kier molecular flexibility index (Phi) is 3.47. The van der Waals surface area contributed by atoms with Crippen LogP contribution in [0.5, 0.6) is 5.75 Å². The lowest BCUT2D eigenvalue weighted by Gasteiger charge is -1.99. The summed E-state index contributed by atoms with van der Waals surface area (Å²) in [4.78, 5) is 8.37. The Labute approximate surface area is 123 Å². The quantitative estimate of drug-likeness (QED) is 0.797. The van der Waals surface area contributed by atoms with Gasteiger partial charge < -0.3 is 9.63 Å². The first-order chi connectivity index (χ1) is 9.72. The number of nitrogens with zero attached hydrogens (tertiary/aromatic N) is 3. The van der Waals surface area contributed by atoms with Crippen LogP contribution in [-0.2, 0) is 6.42 Å². The number of rotatable bonds is 3. The van der Waals surface area contributed by atoms with E-state index in [4.69, 9.17) is 4.52 Å². The van der Waals surface area contributed by atoms with Gasteiger partial charge in [0.25, 0.3) is 0 Å². The highest BCUT2D eigenvalue weighted by atomic mass is 79.9. The number of hydrogen-bond donors (Lipinski definition) is 1. The van der Waals surface area contributed by atoms with Crippen molar-refractivity contribution in [1.82, 2.24) is 15.1 Å². The minimum absolute atomic E-state index is 0.219. The molecule has 0 aliphatic carbocycles. The normalized spacial score (nSPS) is 10.7. The highest BCUT2D eigenvalue weighted by Gasteiger charge is 2.11. The van der Waals surface area contributed by atoms with Crippen LogP contribution in [0.4, 0.5) is 0 Å². The third-order valence-electron chi connectivity index (χ3n) is 2.76. The van der Waals surface area contributed by atoms with Crippen LogP contribution in [0, 0.1) is 0 Å². The van der Waals surface area contributed by atoms with E-state index in [1.54, 1.807) is 24.5 Å². The van der Waals surface area contributed by atoms with Gasteiger partial charge in [0.05, 0.1) is 6.42 Å². The third kappa shape index (κ3) is 2.70. The molecular formula is C14H10BrN3O2. The molecule has 0 fully saturated rings. The van der Waals surface area contributed by atoms with E-state index in [9.17, 15) is 5.11 Å². The van der Waals surface area contributed by atoms with Gasteiger partial charge in [0, 0.05) is 28.0 Å². The minimum atomic E-state index is 0.219. The number of phenols is 1. The number of phenolic OH excluding ortho intramolecular Hbond substituents is 1. The van der Waals surface area contributed by atoms with E-state index in [1.165, 1.54) is 0 Å². The summed E-state index contributed by atoms with van der Waals surface area (Å²) < 4.78 is 6.05. The molecule has 0 spiro atoms. The summed E-state index contributed by atoms with van der Waals surface area (Å²) >= 11 is 3.35. The SMILES string of the molecule is Oc1ccccc1Cc1nc(-c2cncc(Br)c2)no1. The third-order valence-corrected chi connectivity index (χ3v) is 3.20. The van der Waals surface area contributed by atoms with Gasteiger partial charge in [-0.1, -0.05) is 23.4 Å². The summed E-state index contributed by atoms with van der Waals surface area (Å²) in [5.41, 5.74) is 1.52. The number of halogens is 1. The van der Waals surface area contributed by atoms with E-state index in [1.807, 2.05) is 18.2 Å². The molecule has 0 saturated carbocycles. The zero-order valence-corrected chi connectivity index (χ0v) is 11.9. The topological polar surface area (TPSA) is 72.0 Å². The molecule has 2 heterocycles. The molecule has 6 heteroatoms. The fourth-order valence-electron chi connectivity index (χ4n) is 1.80. The van der Waals surface area contributed by atoms with E-state index in [0.29, 0.717) is 18.1 Å². The molecule has 0 amide bonds. The highest BCUT2D eigenvalue weighted by molar-refractivity contribution is 9.10. The molecule has 1 aromatic carbocycles. The fraction of sp³-hybridized carbons (Fsp3) is 0.0714. The van der Waals surface area contributed by atoms with Gasteiger partial charge in [0.15, 0.2) is 0 Å². The molecule has 0 aliphatic rings. The first-order valence-corrected chi connectivity index (χ1v) is 6.72. The summed E-state index contributed by atoms with van der Waals surface area (Å²) in [5, 5.41) is 13.7. The van der Waals surface area contributed by atoms with Crippen LogP contribution < -0.4 is 0 Å². The Morgan fingerprint density at radius 1 is 1.20 bits per heavy atom. The number of hydrogen-bond acceptors (Lipinski definition) is 5. The maximum Gasteiger partial charge on any atom is 0.231 e. The predicted molar refractivity (Wildman–Crippen MR) is 76.1 cm³/mol. The lowest BCUT2D eigenvalue weighted by atomic mass is 10.1. The molecule has 0 radical (unpaired) electrons. The van der Waals surface area contributed by atoms with Crippen LogP contribution >= 0.6 is 15.9 Å². The lowest BCUT2D eigenvalue weighted by Crippen LogP contribution is -1.89. The Morgan fingerprint density at radius 3 is 2.85 bits per heavy atom. The summed E-state index contributed by atoms with van der Waals surface area (Å²) in [7, 11) is 0. The zero-order chi connectivity index (χ0) is 13.9. The second-order valence-electron chi connectivity index (χ2n) is 4.21. The standard InChI is InChI=1S/C14H10BrN3O2/c15-11-5-10(7-16-8-11)14-17-13(20-18-14)6-9-3-1-2-4-12(9)19/h1-5,7-8,19H,6H2. The first kappa shape index (κ1) is 12.8. The van der Waals surface area contributed by atoms with Crippen molar-refractivity contribution in [1.29, 1.82) is 0 Å². The molecule has 1 N–H and O–H groups in total. The van der Waals surface area contributed by atoms with Crippen LogP contribution in [0.3, 0.4) is 0 Å². The van der Waals surface area contributed by atoms with Crippen molar-refractivity contribution in [3.8, 4) is 17.1 Å². The Morgan fingerprint density at radius 2 is 2.05 bits per heavy atom. The van der Waals surface area contributed by atoms with Crippen LogP contribution in [0.1, 0.15) is 11.5 Å². The van der Waals surface area contributed by atoms with Gasteiger partial charge in [0.2, 0.25) is 11.7 Å². The summed E-state index contributed by atoms with van der Waals surface area (Å²) in [6.07, 6.45) is 3.74. The van der Waals surface area contributed by atoms with Crippen LogP contribution in [-0.4, -0.2) is 20.2 Å².